The van der Waals surface area contributed by atoms with E-state index in [1.165, 1.54) is 17.5 Å². The molecule has 0 amide bonds. The van der Waals surface area contributed by atoms with E-state index in [1.54, 1.807) is 11.0 Å². The number of aromatic nitrogens is 3. The van der Waals surface area contributed by atoms with Crippen LogP contribution in [0.1, 0.15) is 11.1 Å². The Kier molecular flexibility index (Phi) is 2.78. The maximum atomic E-state index is 5.53. The number of aryl methyl sites for hydroxylation is 1. The van der Waals surface area contributed by atoms with Crippen LogP contribution < -0.4 is 5.73 Å². The third-order valence-corrected chi connectivity index (χ3v) is 2.37. The normalized spacial score (nSPS) is 10.5. The second-order valence-electron chi connectivity index (χ2n) is 3.50. The average molecular weight is 202 g/mol. The van der Waals surface area contributed by atoms with Crippen molar-refractivity contribution >= 4 is 0 Å². The molecule has 0 radical (unpaired) electrons. The van der Waals surface area contributed by atoms with E-state index in [-0.39, 0.29) is 0 Å². The highest BCUT2D eigenvalue weighted by Gasteiger charge is 2.02. The molecule has 4 heteroatoms. The molecule has 0 aliphatic carbocycles. The molecule has 78 valence electrons. The number of nitrogens with zero attached hydrogens (tertiary/aromatic N) is 3. The van der Waals surface area contributed by atoms with Crippen LogP contribution in [0.2, 0.25) is 0 Å². The molecule has 0 saturated heterocycles. The van der Waals surface area contributed by atoms with Crippen LogP contribution in [0, 0.1) is 6.92 Å². The number of rotatable bonds is 3. The second-order valence-corrected chi connectivity index (χ2v) is 3.50. The third-order valence-electron chi connectivity index (χ3n) is 2.37. The largest absolute Gasteiger partial charge is 0.330 e. The molecule has 0 saturated carbocycles. The van der Waals surface area contributed by atoms with Gasteiger partial charge in [0.1, 0.15) is 12.7 Å². The van der Waals surface area contributed by atoms with Crippen LogP contribution in [0.25, 0.3) is 5.69 Å². The predicted molar refractivity (Wildman–Crippen MR) is 58.9 cm³/mol. The zero-order valence-corrected chi connectivity index (χ0v) is 8.72. The van der Waals surface area contributed by atoms with Crippen molar-refractivity contribution in [2.45, 2.75) is 13.3 Å². The molecular weight excluding hydrogens is 188 g/mol. The molecular formula is C11H14N4. The summed E-state index contributed by atoms with van der Waals surface area (Å²) in [4.78, 5) is 3.94. The Balaban J connectivity index is 2.41. The van der Waals surface area contributed by atoms with Crippen molar-refractivity contribution < 1.29 is 0 Å². The first kappa shape index (κ1) is 9.86. The first-order valence-corrected chi connectivity index (χ1v) is 4.96. The quantitative estimate of drug-likeness (QED) is 0.810. The van der Waals surface area contributed by atoms with E-state index in [0.29, 0.717) is 6.54 Å². The van der Waals surface area contributed by atoms with Crippen LogP contribution in [0.15, 0.2) is 30.9 Å². The molecule has 1 aromatic carbocycles. The van der Waals surface area contributed by atoms with E-state index in [2.05, 4.69) is 35.2 Å². The highest BCUT2D eigenvalue weighted by atomic mass is 15.3. The molecule has 0 spiro atoms. The Labute approximate surface area is 88.8 Å². The summed E-state index contributed by atoms with van der Waals surface area (Å²) in [6.45, 7) is 2.73. The van der Waals surface area contributed by atoms with Crippen LogP contribution in [0.3, 0.4) is 0 Å². The molecule has 0 aliphatic heterocycles. The summed E-state index contributed by atoms with van der Waals surface area (Å²) in [5, 5.41) is 4.12. The molecule has 0 bridgehead atoms. The zero-order chi connectivity index (χ0) is 10.7. The van der Waals surface area contributed by atoms with E-state index in [0.717, 1.165) is 12.1 Å². The molecule has 0 fully saturated rings. The van der Waals surface area contributed by atoms with Crippen molar-refractivity contribution in [2.24, 2.45) is 5.73 Å². The molecule has 1 heterocycles. The minimum absolute atomic E-state index is 0.667. The van der Waals surface area contributed by atoms with E-state index >= 15 is 0 Å². The standard InChI is InChI=1S/C11H14N4/c1-9-2-3-10(4-5-12)6-11(9)15-8-13-7-14-15/h2-3,6-8H,4-5,12H2,1H3. The lowest BCUT2D eigenvalue weighted by molar-refractivity contribution is 0.864. The summed E-state index contributed by atoms with van der Waals surface area (Å²) in [6, 6.07) is 6.29. The lowest BCUT2D eigenvalue weighted by Gasteiger charge is -2.07. The molecule has 2 aromatic rings. The van der Waals surface area contributed by atoms with Gasteiger partial charge in [-0.3, -0.25) is 0 Å². The lowest BCUT2D eigenvalue weighted by Crippen LogP contribution is -2.04. The van der Waals surface area contributed by atoms with Crippen LogP contribution in [0.4, 0.5) is 0 Å². The van der Waals surface area contributed by atoms with Crippen molar-refractivity contribution in [1.29, 1.82) is 0 Å². The van der Waals surface area contributed by atoms with Crippen molar-refractivity contribution in [3.63, 3.8) is 0 Å². The zero-order valence-electron chi connectivity index (χ0n) is 8.72. The van der Waals surface area contributed by atoms with E-state index in [9.17, 15) is 0 Å². The van der Waals surface area contributed by atoms with Crippen LogP contribution in [-0.2, 0) is 6.42 Å². The summed E-state index contributed by atoms with van der Waals surface area (Å²) in [7, 11) is 0. The van der Waals surface area contributed by atoms with Gasteiger partial charge in [0, 0.05) is 0 Å². The highest BCUT2D eigenvalue weighted by Crippen LogP contribution is 2.14. The summed E-state index contributed by atoms with van der Waals surface area (Å²) < 4.78 is 1.77. The van der Waals surface area contributed by atoms with Gasteiger partial charge in [-0.2, -0.15) is 5.10 Å². The Morgan fingerprint density at radius 2 is 2.27 bits per heavy atom. The van der Waals surface area contributed by atoms with E-state index in [4.69, 9.17) is 5.73 Å². The molecule has 4 nitrogen and oxygen atoms in total. The topological polar surface area (TPSA) is 56.7 Å². The maximum absolute atomic E-state index is 5.53. The SMILES string of the molecule is Cc1ccc(CCN)cc1-n1cncn1. The van der Waals surface area contributed by atoms with Gasteiger partial charge in [-0.1, -0.05) is 12.1 Å². The van der Waals surface area contributed by atoms with Crippen LogP contribution >= 0.6 is 0 Å². The van der Waals surface area contributed by atoms with Gasteiger partial charge in [0.05, 0.1) is 5.69 Å². The first-order valence-electron chi connectivity index (χ1n) is 4.96. The maximum Gasteiger partial charge on any atom is 0.138 e. The van der Waals surface area contributed by atoms with Gasteiger partial charge in [0.2, 0.25) is 0 Å². The molecule has 0 atom stereocenters. The van der Waals surface area contributed by atoms with Gasteiger partial charge in [-0.05, 0) is 37.1 Å². The minimum atomic E-state index is 0.667. The van der Waals surface area contributed by atoms with Crippen LogP contribution in [0.5, 0.6) is 0 Å². The lowest BCUT2D eigenvalue weighted by atomic mass is 10.1. The summed E-state index contributed by atoms with van der Waals surface area (Å²) in [5.74, 6) is 0. The van der Waals surface area contributed by atoms with Crippen LogP contribution in [-0.4, -0.2) is 21.3 Å². The molecule has 15 heavy (non-hydrogen) atoms. The average Bonchev–Trinajstić information content (AvgIpc) is 2.74. The van der Waals surface area contributed by atoms with Gasteiger partial charge in [0.25, 0.3) is 0 Å². The number of benzene rings is 1. The van der Waals surface area contributed by atoms with Crippen molar-refractivity contribution in [1.82, 2.24) is 14.8 Å². The smallest absolute Gasteiger partial charge is 0.138 e. The molecule has 1 aromatic heterocycles. The van der Waals surface area contributed by atoms with Gasteiger partial charge >= 0.3 is 0 Å². The first-order chi connectivity index (χ1) is 7.31. The predicted octanol–water partition coefficient (Wildman–Crippen LogP) is 1.08. The van der Waals surface area contributed by atoms with E-state index < -0.39 is 0 Å². The number of hydrogen-bond acceptors (Lipinski definition) is 3. The highest BCUT2D eigenvalue weighted by molar-refractivity contribution is 5.42. The Morgan fingerprint density at radius 1 is 1.40 bits per heavy atom. The fourth-order valence-corrected chi connectivity index (χ4v) is 1.56. The monoisotopic (exact) mass is 202 g/mol. The fraction of sp³-hybridized carbons (Fsp3) is 0.273. The Bertz CT molecular complexity index is 434. The van der Waals surface area contributed by atoms with Gasteiger partial charge in [-0.15, -0.1) is 0 Å². The minimum Gasteiger partial charge on any atom is -0.330 e. The number of hydrogen-bond donors (Lipinski definition) is 1. The van der Waals surface area contributed by atoms with Crippen molar-refractivity contribution in [3.8, 4) is 5.69 Å². The molecule has 0 unspecified atom stereocenters. The third kappa shape index (κ3) is 2.05. The fourth-order valence-electron chi connectivity index (χ4n) is 1.56. The molecule has 2 rings (SSSR count). The van der Waals surface area contributed by atoms with E-state index in [1.807, 2.05) is 0 Å². The summed E-state index contributed by atoms with van der Waals surface area (Å²) >= 11 is 0. The molecule has 0 aliphatic rings. The molecule has 2 N–H and O–H groups in total. The Hall–Kier alpha value is -1.68. The van der Waals surface area contributed by atoms with Gasteiger partial charge < -0.3 is 5.73 Å². The van der Waals surface area contributed by atoms with Crippen molar-refractivity contribution in [3.05, 3.63) is 42.0 Å². The Morgan fingerprint density at radius 3 is 2.93 bits per heavy atom. The number of nitrogens with two attached hydrogens (primary N) is 1. The van der Waals surface area contributed by atoms with Crippen molar-refractivity contribution in [2.75, 3.05) is 6.54 Å². The summed E-state index contributed by atoms with van der Waals surface area (Å²) in [5.41, 5.74) is 9.01. The summed E-state index contributed by atoms with van der Waals surface area (Å²) in [6.07, 6.45) is 4.13. The van der Waals surface area contributed by atoms with Gasteiger partial charge in [-0.25, -0.2) is 9.67 Å². The van der Waals surface area contributed by atoms with Gasteiger partial charge in [0.15, 0.2) is 0 Å². The second kappa shape index (κ2) is 4.23.